The Morgan fingerprint density at radius 3 is 1.31 bits per heavy atom. The summed E-state index contributed by atoms with van der Waals surface area (Å²) in [7, 11) is 3.40. The number of carbonyl (C=O) groups is 2. The first-order valence-corrected chi connectivity index (χ1v) is 10.4. The lowest BCUT2D eigenvalue weighted by Gasteiger charge is -2.14. The van der Waals surface area contributed by atoms with E-state index in [2.05, 4.69) is 22.8 Å². The summed E-state index contributed by atoms with van der Waals surface area (Å²) in [5.74, 6) is -0.125. The number of benzene rings is 2. The average Bonchev–Trinajstić information content (AvgIpc) is 2.52. The highest BCUT2D eigenvalue weighted by atomic mass is 33.1. The Morgan fingerprint density at radius 2 is 1.00 bits per heavy atom. The van der Waals surface area contributed by atoms with Crippen molar-refractivity contribution in [2.45, 2.75) is 51.3 Å². The highest BCUT2D eigenvalue weighted by molar-refractivity contribution is 8.76. The van der Waals surface area contributed by atoms with Crippen LogP contribution in [0.2, 0.25) is 0 Å². The van der Waals surface area contributed by atoms with Crippen LogP contribution in [0.1, 0.15) is 36.1 Å². The van der Waals surface area contributed by atoms with Crippen LogP contribution in [-0.4, -0.2) is 11.8 Å². The van der Waals surface area contributed by atoms with Crippen LogP contribution in [0.5, 0.6) is 0 Å². The summed E-state index contributed by atoms with van der Waals surface area (Å²) in [4.78, 5) is 24.9. The first kappa shape index (κ1) is 20.4. The molecule has 0 aliphatic rings. The fourth-order valence-electron chi connectivity index (χ4n) is 2.50. The van der Waals surface area contributed by atoms with Crippen LogP contribution in [0.25, 0.3) is 0 Å². The summed E-state index contributed by atoms with van der Waals surface area (Å²) >= 11 is 0. The number of rotatable bonds is 5. The molecule has 2 rings (SSSR count). The van der Waals surface area contributed by atoms with Gasteiger partial charge in [-0.25, -0.2) is 0 Å². The van der Waals surface area contributed by atoms with Crippen molar-refractivity contribution in [2.24, 2.45) is 0 Å². The van der Waals surface area contributed by atoms with Crippen molar-refractivity contribution < 1.29 is 9.59 Å². The molecule has 2 N–H and O–H groups in total. The number of nitrogens with one attached hydrogen (secondary N) is 2. The van der Waals surface area contributed by atoms with E-state index >= 15 is 0 Å². The minimum absolute atomic E-state index is 0.0624. The summed E-state index contributed by atoms with van der Waals surface area (Å²) < 4.78 is 0. The van der Waals surface area contributed by atoms with Crippen LogP contribution in [0.15, 0.2) is 34.1 Å². The first-order chi connectivity index (χ1) is 12.2. The molecule has 0 saturated heterocycles. The van der Waals surface area contributed by atoms with Crippen LogP contribution in [0.4, 0.5) is 11.4 Å². The van der Waals surface area contributed by atoms with Crippen molar-refractivity contribution in [1.29, 1.82) is 0 Å². The molecule has 2 aromatic carbocycles. The molecule has 4 nitrogen and oxygen atoms in total. The van der Waals surface area contributed by atoms with E-state index in [1.54, 1.807) is 21.6 Å². The van der Waals surface area contributed by atoms with Crippen LogP contribution >= 0.6 is 21.6 Å². The number of aryl methyl sites for hydroxylation is 4. The van der Waals surface area contributed by atoms with Crippen molar-refractivity contribution in [3.8, 4) is 0 Å². The van der Waals surface area contributed by atoms with E-state index in [1.165, 1.54) is 23.6 Å². The van der Waals surface area contributed by atoms with Gasteiger partial charge in [-0.2, -0.15) is 0 Å². The predicted molar refractivity (Wildman–Crippen MR) is 112 cm³/mol. The zero-order valence-corrected chi connectivity index (χ0v) is 17.6. The lowest BCUT2D eigenvalue weighted by atomic mass is 10.1. The Labute approximate surface area is 162 Å². The molecule has 0 aliphatic carbocycles. The van der Waals surface area contributed by atoms with E-state index < -0.39 is 0 Å². The van der Waals surface area contributed by atoms with Gasteiger partial charge >= 0.3 is 0 Å². The molecule has 0 unspecified atom stereocenters. The van der Waals surface area contributed by atoms with Crippen molar-refractivity contribution in [2.75, 3.05) is 10.6 Å². The largest absolute Gasteiger partial charge is 0.326 e. The van der Waals surface area contributed by atoms with E-state index in [1.807, 2.05) is 39.8 Å². The highest BCUT2D eigenvalue weighted by Crippen LogP contribution is 2.42. The number of hydrogen-bond acceptors (Lipinski definition) is 4. The zero-order chi connectivity index (χ0) is 19.4. The molecular formula is C20H24N2O2S2. The lowest BCUT2D eigenvalue weighted by molar-refractivity contribution is -0.115. The third-order valence-corrected chi connectivity index (χ3v) is 6.54. The van der Waals surface area contributed by atoms with Crippen LogP contribution in [0, 0.1) is 27.7 Å². The van der Waals surface area contributed by atoms with Gasteiger partial charge in [0, 0.05) is 35.0 Å². The number of carbonyl (C=O) groups excluding carboxylic acids is 2. The van der Waals surface area contributed by atoms with Gasteiger partial charge in [-0.1, -0.05) is 21.6 Å². The second-order valence-corrected chi connectivity index (χ2v) is 8.61. The molecule has 26 heavy (non-hydrogen) atoms. The minimum Gasteiger partial charge on any atom is -0.326 e. The first-order valence-electron chi connectivity index (χ1n) is 8.29. The molecule has 0 aliphatic heterocycles. The molecule has 2 aromatic rings. The smallest absolute Gasteiger partial charge is 0.221 e. The van der Waals surface area contributed by atoms with Gasteiger partial charge in [0.2, 0.25) is 11.8 Å². The van der Waals surface area contributed by atoms with Gasteiger partial charge in [-0.3, -0.25) is 9.59 Å². The molecule has 138 valence electrons. The summed E-state index contributed by atoms with van der Waals surface area (Å²) in [6.45, 7) is 11.1. The maximum absolute atomic E-state index is 11.3. The van der Waals surface area contributed by atoms with Gasteiger partial charge in [-0.05, 0) is 74.2 Å². The summed E-state index contributed by atoms with van der Waals surface area (Å²) in [5.41, 5.74) is 6.06. The molecule has 0 fully saturated rings. The molecule has 0 aromatic heterocycles. The average molecular weight is 389 g/mol. The van der Waals surface area contributed by atoms with Crippen LogP contribution < -0.4 is 10.6 Å². The Morgan fingerprint density at radius 1 is 0.654 bits per heavy atom. The van der Waals surface area contributed by atoms with E-state index in [0.29, 0.717) is 0 Å². The van der Waals surface area contributed by atoms with Gasteiger partial charge < -0.3 is 10.6 Å². The SMILES string of the molecule is CC(=O)Nc1cc(C)c(SSc2cc(C)c(NC(C)=O)cc2C)cc1C. The summed E-state index contributed by atoms with van der Waals surface area (Å²) in [5, 5.41) is 5.73. The molecular weight excluding hydrogens is 364 g/mol. The monoisotopic (exact) mass is 388 g/mol. The predicted octanol–water partition coefficient (Wildman–Crippen LogP) is 5.64. The van der Waals surface area contributed by atoms with E-state index in [-0.39, 0.29) is 11.8 Å². The topological polar surface area (TPSA) is 58.2 Å². The maximum atomic E-state index is 11.3. The molecule has 0 radical (unpaired) electrons. The summed E-state index contributed by atoms with van der Waals surface area (Å²) in [6, 6.07) is 8.23. The van der Waals surface area contributed by atoms with Gasteiger partial charge in [0.15, 0.2) is 0 Å². The molecule has 0 saturated carbocycles. The van der Waals surface area contributed by atoms with Crippen LogP contribution in [-0.2, 0) is 9.59 Å². The van der Waals surface area contributed by atoms with Crippen molar-refractivity contribution in [3.63, 3.8) is 0 Å². The molecule has 0 spiro atoms. The van der Waals surface area contributed by atoms with Crippen LogP contribution in [0.3, 0.4) is 0 Å². The van der Waals surface area contributed by atoms with Gasteiger partial charge in [0.25, 0.3) is 0 Å². The lowest BCUT2D eigenvalue weighted by Crippen LogP contribution is -2.07. The van der Waals surface area contributed by atoms with E-state index in [4.69, 9.17) is 0 Å². The standard InChI is InChI=1S/C20H24N2O2S2/c1-11-9-19(13(3)7-17(11)21-15(5)23)25-26-20-10-12(2)18(8-14(20)4)22-16(6)24/h7-10H,1-6H3,(H,21,23)(H,22,24). The number of anilines is 2. The van der Waals surface area contributed by atoms with Gasteiger partial charge in [0.1, 0.15) is 0 Å². The second kappa shape index (κ2) is 8.64. The van der Waals surface area contributed by atoms with Crippen molar-refractivity contribution >= 4 is 44.8 Å². The van der Waals surface area contributed by atoms with E-state index in [0.717, 1.165) is 33.6 Å². The minimum atomic E-state index is -0.0624. The Hall–Kier alpha value is -1.92. The molecule has 6 heteroatoms. The zero-order valence-electron chi connectivity index (χ0n) is 15.9. The Kier molecular flexibility index (Phi) is 6.78. The molecule has 2 amide bonds. The van der Waals surface area contributed by atoms with E-state index in [9.17, 15) is 9.59 Å². The molecule has 0 heterocycles. The maximum Gasteiger partial charge on any atom is 0.221 e. The third-order valence-electron chi connectivity index (χ3n) is 3.89. The van der Waals surface area contributed by atoms with Crippen molar-refractivity contribution in [1.82, 2.24) is 0 Å². The Balaban J connectivity index is 2.18. The van der Waals surface area contributed by atoms with Gasteiger partial charge in [0.05, 0.1) is 0 Å². The fourth-order valence-corrected chi connectivity index (χ4v) is 5.12. The molecule has 0 bridgehead atoms. The highest BCUT2D eigenvalue weighted by Gasteiger charge is 2.10. The second-order valence-electron chi connectivity index (χ2n) is 6.39. The van der Waals surface area contributed by atoms with Crippen molar-refractivity contribution in [3.05, 3.63) is 46.5 Å². The number of hydrogen-bond donors (Lipinski definition) is 2. The summed E-state index contributed by atoms with van der Waals surface area (Å²) in [6.07, 6.45) is 0. The normalized spacial score (nSPS) is 10.5. The third kappa shape index (κ3) is 5.29. The molecule has 0 atom stereocenters. The Bertz CT molecular complexity index is 792. The fraction of sp³-hybridized carbons (Fsp3) is 0.300. The number of amides is 2. The quantitative estimate of drug-likeness (QED) is 0.651. The van der Waals surface area contributed by atoms with Gasteiger partial charge in [-0.15, -0.1) is 0 Å².